The maximum Gasteiger partial charge on any atom is 0.0241 e. The minimum absolute atomic E-state index is 0.663. The van der Waals surface area contributed by atoms with E-state index in [0.717, 1.165) is 26.2 Å². The van der Waals surface area contributed by atoms with Crippen LogP contribution in [0, 0.1) is 0 Å². The fourth-order valence-corrected chi connectivity index (χ4v) is 2.83. The molecular formula is C17H28N2. The standard InChI is InChI=1S/C17H28N2/c1-3-4-5-8-15(2)18-11-12-19-13-16-9-6-7-10-17(16)14-19/h6-7,9-10,15,18H,3-5,8,11-14H2,1-2H3. The second-order valence-electron chi connectivity index (χ2n) is 5.83. The largest absolute Gasteiger partial charge is 0.313 e. The van der Waals surface area contributed by atoms with Crippen molar-refractivity contribution < 1.29 is 0 Å². The summed E-state index contributed by atoms with van der Waals surface area (Å²) in [6.45, 7) is 9.11. The van der Waals surface area contributed by atoms with Gasteiger partial charge in [-0.15, -0.1) is 0 Å². The fraction of sp³-hybridized carbons (Fsp3) is 0.647. The Kier molecular flexibility index (Phi) is 5.87. The molecule has 2 heteroatoms. The summed E-state index contributed by atoms with van der Waals surface area (Å²) in [5.41, 5.74) is 3.02. The minimum atomic E-state index is 0.663. The van der Waals surface area contributed by atoms with Gasteiger partial charge in [0.15, 0.2) is 0 Å². The van der Waals surface area contributed by atoms with Crippen LogP contribution in [0.5, 0.6) is 0 Å². The molecule has 1 N–H and O–H groups in total. The van der Waals surface area contributed by atoms with Crippen molar-refractivity contribution in [2.45, 2.75) is 58.7 Å². The zero-order valence-electron chi connectivity index (χ0n) is 12.5. The molecule has 1 unspecified atom stereocenters. The summed E-state index contributed by atoms with van der Waals surface area (Å²) in [5.74, 6) is 0. The highest BCUT2D eigenvalue weighted by Crippen LogP contribution is 2.21. The molecule has 1 heterocycles. The van der Waals surface area contributed by atoms with E-state index in [0.29, 0.717) is 6.04 Å². The molecule has 1 atom stereocenters. The molecule has 106 valence electrons. The van der Waals surface area contributed by atoms with Crippen LogP contribution >= 0.6 is 0 Å². The lowest BCUT2D eigenvalue weighted by molar-refractivity contribution is 0.277. The van der Waals surface area contributed by atoms with Gasteiger partial charge in [-0.1, -0.05) is 50.5 Å². The number of fused-ring (bicyclic) bond motifs is 1. The third-order valence-electron chi connectivity index (χ3n) is 4.07. The lowest BCUT2D eigenvalue weighted by Gasteiger charge is -2.18. The van der Waals surface area contributed by atoms with Crippen LogP contribution in [-0.2, 0) is 13.1 Å². The first-order chi connectivity index (χ1) is 9.29. The Morgan fingerprint density at radius 2 is 1.84 bits per heavy atom. The van der Waals surface area contributed by atoms with E-state index in [2.05, 4.69) is 48.3 Å². The molecule has 1 aliphatic rings. The number of unbranched alkanes of at least 4 members (excludes halogenated alkanes) is 2. The predicted octanol–water partition coefficient (Wildman–Crippen LogP) is 3.56. The lowest BCUT2D eigenvalue weighted by Crippen LogP contribution is -2.33. The van der Waals surface area contributed by atoms with E-state index in [4.69, 9.17) is 0 Å². The number of nitrogens with one attached hydrogen (secondary N) is 1. The molecule has 0 amide bonds. The van der Waals surface area contributed by atoms with Crippen LogP contribution in [0.15, 0.2) is 24.3 Å². The van der Waals surface area contributed by atoms with Crippen molar-refractivity contribution in [3.8, 4) is 0 Å². The Hall–Kier alpha value is -0.860. The molecule has 1 aromatic rings. The summed E-state index contributed by atoms with van der Waals surface area (Å²) >= 11 is 0. The van der Waals surface area contributed by atoms with Gasteiger partial charge < -0.3 is 5.32 Å². The summed E-state index contributed by atoms with van der Waals surface area (Å²) in [6, 6.07) is 9.48. The van der Waals surface area contributed by atoms with E-state index in [1.807, 2.05) is 0 Å². The van der Waals surface area contributed by atoms with Crippen LogP contribution < -0.4 is 5.32 Å². The Morgan fingerprint density at radius 3 is 2.47 bits per heavy atom. The Labute approximate surface area is 118 Å². The Morgan fingerprint density at radius 1 is 1.16 bits per heavy atom. The van der Waals surface area contributed by atoms with Gasteiger partial charge in [0, 0.05) is 32.2 Å². The molecule has 0 aliphatic carbocycles. The Balaban J connectivity index is 1.60. The lowest BCUT2D eigenvalue weighted by atomic mass is 10.1. The summed E-state index contributed by atoms with van der Waals surface area (Å²) in [5, 5.41) is 3.65. The summed E-state index contributed by atoms with van der Waals surface area (Å²) in [6.07, 6.45) is 5.36. The highest BCUT2D eigenvalue weighted by Gasteiger charge is 2.17. The molecule has 2 nitrogen and oxygen atoms in total. The van der Waals surface area contributed by atoms with Gasteiger partial charge in [0.25, 0.3) is 0 Å². The molecule has 1 aromatic carbocycles. The number of hydrogen-bond donors (Lipinski definition) is 1. The van der Waals surface area contributed by atoms with E-state index in [-0.39, 0.29) is 0 Å². The third-order valence-corrected chi connectivity index (χ3v) is 4.07. The van der Waals surface area contributed by atoms with Crippen molar-refractivity contribution in [3.63, 3.8) is 0 Å². The molecule has 0 spiro atoms. The topological polar surface area (TPSA) is 15.3 Å². The van der Waals surface area contributed by atoms with Gasteiger partial charge in [-0.3, -0.25) is 4.90 Å². The monoisotopic (exact) mass is 260 g/mol. The quantitative estimate of drug-likeness (QED) is 0.719. The van der Waals surface area contributed by atoms with Gasteiger partial charge in [0.1, 0.15) is 0 Å². The first kappa shape index (κ1) is 14.5. The van der Waals surface area contributed by atoms with Crippen LogP contribution in [0.3, 0.4) is 0 Å². The average Bonchev–Trinajstić information content (AvgIpc) is 2.81. The summed E-state index contributed by atoms with van der Waals surface area (Å²) < 4.78 is 0. The highest BCUT2D eigenvalue weighted by molar-refractivity contribution is 5.30. The predicted molar refractivity (Wildman–Crippen MR) is 82.2 cm³/mol. The molecule has 0 aromatic heterocycles. The molecule has 0 saturated carbocycles. The summed E-state index contributed by atoms with van der Waals surface area (Å²) in [4.78, 5) is 2.54. The summed E-state index contributed by atoms with van der Waals surface area (Å²) in [7, 11) is 0. The van der Waals surface area contributed by atoms with Gasteiger partial charge >= 0.3 is 0 Å². The van der Waals surface area contributed by atoms with Crippen molar-refractivity contribution in [1.82, 2.24) is 10.2 Å². The maximum absolute atomic E-state index is 3.65. The van der Waals surface area contributed by atoms with Crippen LogP contribution in [0.25, 0.3) is 0 Å². The minimum Gasteiger partial charge on any atom is -0.313 e. The van der Waals surface area contributed by atoms with Crippen LogP contribution in [0.1, 0.15) is 50.7 Å². The molecule has 0 bridgehead atoms. The van der Waals surface area contributed by atoms with Crippen LogP contribution in [0.2, 0.25) is 0 Å². The van der Waals surface area contributed by atoms with E-state index < -0.39 is 0 Å². The van der Waals surface area contributed by atoms with E-state index in [9.17, 15) is 0 Å². The Bertz CT molecular complexity index is 350. The van der Waals surface area contributed by atoms with E-state index >= 15 is 0 Å². The smallest absolute Gasteiger partial charge is 0.0241 e. The molecule has 0 radical (unpaired) electrons. The highest BCUT2D eigenvalue weighted by atomic mass is 15.2. The average molecular weight is 260 g/mol. The number of benzene rings is 1. The van der Waals surface area contributed by atoms with Gasteiger partial charge in [-0.05, 0) is 24.5 Å². The number of hydrogen-bond acceptors (Lipinski definition) is 2. The van der Waals surface area contributed by atoms with Crippen molar-refractivity contribution in [3.05, 3.63) is 35.4 Å². The molecule has 0 fully saturated rings. The molecule has 1 aliphatic heterocycles. The third kappa shape index (κ3) is 4.63. The molecule has 19 heavy (non-hydrogen) atoms. The van der Waals surface area contributed by atoms with Crippen molar-refractivity contribution in [2.75, 3.05) is 13.1 Å². The van der Waals surface area contributed by atoms with Crippen LogP contribution in [0.4, 0.5) is 0 Å². The van der Waals surface area contributed by atoms with Gasteiger partial charge in [-0.2, -0.15) is 0 Å². The van der Waals surface area contributed by atoms with Crippen molar-refractivity contribution >= 4 is 0 Å². The fourth-order valence-electron chi connectivity index (χ4n) is 2.83. The molecular weight excluding hydrogens is 232 g/mol. The second-order valence-corrected chi connectivity index (χ2v) is 5.83. The maximum atomic E-state index is 3.65. The van der Waals surface area contributed by atoms with Crippen molar-refractivity contribution in [2.24, 2.45) is 0 Å². The first-order valence-corrected chi connectivity index (χ1v) is 7.82. The second kappa shape index (κ2) is 7.66. The van der Waals surface area contributed by atoms with Crippen molar-refractivity contribution in [1.29, 1.82) is 0 Å². The molecule has 2 rings (SSSR count). The van der Waals surface area contributed by atoms with E-state index in [1.54, 1.807) is 0 Å². The normalized spacial score (nSPS) is 16.5. The number of rotatable bonds is 8. The van der Waals surface area contributed by atoms with Gasteiger partial charge in [-0.25, -0.2) is 0 Å². The SMILES string of the molecule is CCCCCC(C)NCCN1Cc2ccccc2C1. The van der Waals surface area contributed by atoms with Crippen LogP contribution in [-0.4, -0.2) is 24.0 Å². The first-order valence-electron chi connectivity index (χ1n) is 7.82. The van der Waals surface area contributed by atoms with Gasteiger partial charge in [0.2, 0.25) is 0 Å². The zero-order valence-corrected chi connectivity index (χ0v) is 12.5. The van der Waals surface area contributed by atoms with Gasteiger partial charge in [0.05, 0.1) is 0 Å². The molecule has 0 saturated heterocycles. The van der Waals surface area contributed by atoms with E-state index in [1.165, 1.54) is 36.8 Å². The number of nitrogens with zero attached hydrogens (tertiary/aromatic N) is 1. The zero-order chi connectivity index (χ0) is 13.5.